The highest BCUT2D eigenvalue weighted by Crippen LogP contribution is 2.36. The standard InChI is InChI=1S/C46H34O2/c47-45(39-27-15-5-16-28-39)33-43(37-23-11-3-12-24-37)41(35-19-7-1-8-20-35)31-32-42(36-21-9-2-10-22-36)44(38-25-13-4-14-26-38)34-46(48)40-29-17-6-18-30-40/h1-34H/b41-31-,42-32-,43-33-,44-34-. The van der Waals surface area contributed by atoms with Crippen LogP contribution < -0.4 is 0 Å². The van der Waals surface area contributed by atoms with E-state index in [1.54, 1.807) is 12.2 Å². The number of benzene rings is 6. The Morgan fingerprint density at radius 1 is 0.271 bits per heavy atom. The van der Waals surface area contributed by atoms with Crippen LogP contribution in [-0.2, 0) is 0 Å². The van der Waals surface area contributed by atoms with Crippen molar-refractivity contribution in [1.29, 1.82) is 0 Å². The molecule has 0 aromatic heterocycles. The largest absolute Gasteiger partial charge is 0.289 e. The van der Waals surface area contributed by atoms with Crippen molar-refractivity contribution in [3.63, 3.8) is 0 Å². The van der Waals surface area contributed by atoms with Crippen molar-refractivity contribution < 1.29 is 9.59 Å². The fraction of sp³-hybridized carbons (Fsp3) is 0. The van der Waals surface area contributed by atoms with E-state index in [4.69, 9.17) is 0 Å². The van der Waals surface area contributed by atoms with E-state index in [2.05, 4.69) is 36.4 Å². The van der Waals surface area contributed by atoms with Crippen LogP contribution in [0.15, 0.2) is 206 Å². The molecule has 0 heterocycles. The molecule has 6 aromatic carbocycles. The van der Waals surface area contributed by atoms with Crippen LogP contribution >= 0.6 is 0 Å². The predicted octanol–water partition coefficient (Wildman–Crippen LogP) is 11.1. The van der Waals surface area contributed by atoms with Gasteiger partial charge in [0.05, 0.1) is 0 Å². The summed E-state index contributed by atoms with van der Waals surface area (Å²) in [5.74, 6) is -0.163. The maximum atomic E-state index is 13.7. The van der Waals surface area contributed by atoms with E-state index in [-0.39, 0.29) is 11.6 Å². The Bertz CT molecular complexity index is 1930. The first-order valence-electron chi connectivity index (χ1n) is 15.9. The maximum absolute atomic E-state index is 13.7. The zero-order chi connectivity index (χ0) is 33.0. The molecule has 0 aliphatic carbocycles. The molecule has 48 heavy (non-hydrogen) atoms. The lowest BCUT2D eigenvalue weighted by Crippen LogP contribution is -2.00. The molecule has 2 heteroatoms. The second kappa shape index (κ2) is 15.8. The Balaban J connectivity index is 1.60. The van der Waals surface area contributed by atoms with E-state index in [0.717, 1.165) is 44.5 Å². The minimum atomic E-state index is -0.0816. The third kappa shape index (κ3) is 7.88. The average molecular weight is 619 g/mol. The van der Waals surface area contributed by atoms with Gasteiger partial charge in [-0.05, 0) is 56.7 Å². The first kappa shape index (κ1) is 31.6. The topological polar surface area (TPSA) is 34.1 Å². The van der Waals surface area contributed by atoms with Crippen LogP contribution in [0.25, 0.3) is 22.3 Å². The molecular weight excluding hydrogens is 585 g/mol. The third-order valence-electron chi connectivity index (χ3n) is 8.00. The Hall–Kier alpha value is -6.38. The molecule has 0 aliphatic rings. The quantitative estimate of drug-likeness (QED) is 0.0822. The van der Waals surface area contributed by atoms with Crippen LogP contribution in [-0.4, -0.2) is 11.6 Å². The summed E-state index contributed by atoms with van der Waals surface area (Å²) in [6, 6.07) is 58.8. The Morgan fingerprint density at radius 3 is 0.729 bits per heavy atom. The van der Waals surface area contributed by atoms with Gasteiger partial charge in [-0.1, -0.05) is 194 Å². The van der Waals surface area contributed by atoms with Gasteiger partial charge in [-0.2, -0.15) is 0 Å². The zero-order valence-corrected chi connectivity index (χ0v) is 26.4. The normalized spacial score (nSPS) is 12.4. The lowest BCUT2D eigenvalue weighted by atomic mass is 9.87. The lowest BCUT2D eigenvalue weighted by molar-refractivity contribution is 0.103. The lowest BCUT2D eigenvalue weighted by Gasteiger charge is -2.16. The summed E-state index contributed by atoms with van der Waals surface area (Å²) in [5, 5.41) is 0. The molecule has 0 saturated carbocycles. The Morgan fingerprint density at radius 2 is 0.479 bits per heavy atom. The van der Waals surface area contributed by atoms with Gasteiger partial charge in [-0.3, -0.25) is 9.59 Å². The molecule has 0 unspecified atom stereocenters. The van der Waals surface area contributed by atoms with Crippen molar-refractivity contribution in [2.45, 2.75) is 0 Å². The molecular formula is C46H34O2. The first-order chi connectivity index (χ1) is 23.7. The van der Waals surface area contributed by atoms with E-state index in [1.165, 1.54) is 0 Å². The molecule has 0 fully saturated rings. The Kier molecular flexibility index (Phi) is 10.4. The van der Waals surface area contributed by atoms with Gasteiger partial charge in [0.2, 0.25) is 0 Å². The summed E-state index contributed by atoms with van der Waals surface area (Å²) in [5.41, 5.74) is 8.34. The first-order valence-corrected chi connectivity index (χ1v) is 15.9. The number of hydrogen-bond donors (Lipinski definition) is 0. The third-order valence-corrected chi connectivity index (χ3v) is 8.00. The molecule has 0 radical (unpaired) electrons. The monoisotopic (exact) mass is 618 g/mol. The summed E-state index contributed by atoms with van der Waals surface area (Å²) in [7, 11) is 0. The molecule has 2 nitrogen and oxygen atoms in total. The fourth-order valence-electron chi connectivity index (χ4n) is 5.59. The molecule has 230 valence electrons. The van der Waals surface area contributed by atoms with Crippen molar-refractivity contribution in [2.24, 2.45) is 0 Å². The van der Waals surface area contributed by atoms with Crippen molar-refractivity contribution in [3.8, 4) is 0 Å². The predicted molar refractivity (Wildman–Crippen MR) is 199 cm³/mol. The minimum Gasteiger partial charge on any atom is -0.289 e. The number of rotatable bonds is 11. The number of ketones is 2. The summed E-state index contributed by atoms with van der Waals surface area (Å²) >= 11 is 0. The van der Waals surface area contributed by atoms with E-state index in [9.17, 15) is 9.59 Å². The van der Waals surface area contributed by atoms with E-state index in [1.807, 2.05) is 158 Å². The SMILES string of the molecule is O=C(\C=C(/C(=C\C=C(/C(=C\C(=O)c1ccccc1)c1ccccc1)c1ccccc1)c1ccccc1)c1ccccc1)c1ccccc1. The van der Waals surface area contributed by atoms with Gasteiger partial charge in [0.25, 0.3) is 0 Å². The molecule has 6 rings (SSSR count). The van der Waals surface area contributed by atoms with Crippen LogP contribution in [0.2, 0.25) is 0 Å². The van der Waals surface area contributed by atoms with Crippen molar-refractivity contribution >= 4 is 33.9 Å². The van der Waals surface area contributed by atoms with Crippen LogP contribution in [0.3, 0.4) is 0 Å². The zero-order valence-electron chi connectivity index (χ0n) is 26.4. The molecule has 6 aromatic rings. The molecule has 0 amide bonds. The van der Waals surface area contributed by atoms with Crippen LogP contribution in [0.4, 0.5) is 0 Å². The van der Waals surface area contributed by atoms with Gasteiger partial charge < -0.3 is 0 Å². The van der Waals surface area contributed by atoms with Gasteiger partial charge >= 0.3 is 0 Å². The highest BCUT2D eigenvalue weighted by atomic mass is 16.1. The number of carbonyl (C=O) groups excluding carboxylic acids is 2. The smallest absolute Gasteiger partial charge is 0.186 e. The summed E-state index contributed by atoms with van der Waals surface area (Å²) < 4.78 is 0. The van der Waals surface area contributed by atoms with Gasteiger partial charge in [0, 0.05) is 11.1 Å². The second-order valence-electron chi connectivity index (χ2n) is 11.2. The molecule has 0 aliphatic heterocycles. The van der Waals surface area contributed by atoms with E-state index >= 15 is 0 Å². The molecule has 0 bridgehead atoms. The van der Waals surface area contributed by atoms with Crippen LogP contribution in [0, 0.1) is 0 Å². The fourth-order valence-corrected chi connectivity index (χ4v) is 5.59. The van der Waals surface area contributed by atoms with Crippen molar-refractivity contribution in [1.82, 2.24) is 0 Å². The summed E-state index contributed by atoms with van der Waals surface area (Å²) in [4.78, 5) is 27.4. The van der Waals surface area contributed by atoms with Crippen LogP contribution in [0.5, 0.6) is 0 Å². The van der Waals surface area contributed by atoms with Crippen molar-refractivity contribution in [2.75, 3.05) is 0 Å². The molecule has 0 atom stereocenters. The van der Waals surface area contributed by atoms with Gasteiger partial charge in [0.15, 0.2) is 11.6 Å². The van der Waals surface area contributed by atoms with E-state index in [0.29, 0.717) is 11.1 Å². The summed E-state index contributed by atoms with van der Waals surface area (Å²) in [6.07, 6.45) is 7.59. The number of carbonyl (C=O) groups is 2. The van der Waals surface area contributed by atoms with Crippen LogP contribution in [0.1, 0.15) is 43.0 Å². The van der Waals surface area contributed by atoms with E-state index < -0.39 is 0 Å². The van der Waals surface area contributed by atoms with Gasteiger partial charge in [0.1, 0.15) is 0 Å². The van der Waals surface area contributed by atoms with Gasteiger partial charge in [-0.15, -0.1) is 0 Å². The maximum Gasteiger partial charge on any atom is 0.186 e. The number of hydrogen-bond acceptors (Lipinski definition) is 2. The molecule has 0 N–H and O–H groups in total. The number of allylic oxidation sites excluding steroid dienone is 8. The Labute approximate surface area is 282 Å². The molecule has 0 spiro atoms. The summed E-state index contributed by atoms with van der Waals surface area (Å²) in [6.45, 7) is 0. The average Bonchev–Trinajstić information content (AvgIpc) is 3.17. The van der Waals surface area contributed by atoms with Gasteiger partial charge in [-0.25, -0.2) is 0 Å². The van der Waals surface area contributed by atoms with Crippen molar-refractivity contribution in [3.05, 3.63) is 240 Å². The highest BCUT2D eigenvalue weighted by Gasteiger charge is 2.16. The highest BCUT2D eigenvalue weighted by molar-refractivity contribution is 6.19. The molecule has 0 saturated heterocycles. The second-order valence-corrected chi connectivity index (χ2v) is 11.2. The minimum absolute atomic E-state index is 0.0816.